The van der Waals surface area contributed by atoms with Crippen LogP contribution >= 0.6 is 12.6 Å². The second-order valence-corrected chi connectivity index (χ2v) is 1.80. The van der Waals surface area contributed by atoms with E-state index in [0.717, 1.165) is 6.42 Å². The standard InChI is InChI=1S/C3H8OS.C2H6O/c1-2-3(4)5;1-2-3/h3-5H,2H2,1H3;3H,2H2,1H3. The van der Waals surface area contributed by atoms with Gasteiger partial charge in [0.2, 0.25) is 0 Å². The van der Waals surface area contributed by atoms with Gasteiger partial charge in [0.25, 0.3) is 0 Å². The molecule has 2 nitrogen and oxygen atoms in total. The van der Waals surface area contributed by atoms with Crippen molar-refractivity contribution >= 4 is 12.6 Å². The molecule has 2 N–H and O–H groups in total. The van der Waals surface area contributed by atoms with Crippen molar-refractivity contribution in [3.8, 4) is 0 Å². The van der Waals surface area contributed by atoms with Crippen molar-refractivity contribution in [1.82, 2.24) is 0 Å². The molecular weight excluding hydrogens is 124 g/mol. The summed E-state index contributed by atoms with van der Waals surface area (Å²) in [6.45, 7) is 3.80. The Morgan fingerprint density at radius 3 is 1.62 bits per heavy atom. The highest BCUT2D eigenvalue weighted by molar-refractivity contribution is 7.80. The summed E-state index contributed by atoms with van der Waals surface area (Å²) in [6, 6.07) is 0. The lowest BCUT2D eigenvalue weighted by atomic mass is 10.5. The molecule has 52 valence electrons. The maximum Gasteiger partial charge on any atom is 0.0962 e. The molecule has 0 amide bonds. The highest BCUT2D eigenvalue weighted by Crippen LogP contribution is 1.90. The first kappa shape index (κ1) is 11.1. The zero-order chi connectivity index (χ0) is 6.99. The van der Waals surface area contributed by atoms with Crippen LogP contribution in [-0.4, -0.2) is 22.3 Å². The Hall–Kier alpha value is 0.270. The molecule has 0 aromatic carbocycles. The van der Waals surface area contributed by atoms with E-state index in [9.17, 15) is 0 Å². The van der Waals surface area contributed by atoms with Crippen LogP contribution in [0.25, 0.3) is 0 Å². The van der Waals surface area contributed by atoms with Gasteiger partial charge in [0, 0.05) is 6.61 Å². The first-order valence-electron chi connectivity index (χ1n) is 2.66. The van der Waals surface area contributed by atoms with Crippen molar-refractivity contribution in [2.24, 2.45) is 0 Å². The number of aliphatic hydroxyl groups is 2. The fraction of sp³-hybridized carbons (Fsp3) is 1.00. The molecule has 0 aromatic rings. The molecule has 0 spiro atoms. The average Bonchev–Trinajstić information content (AvgIpc) is 1.69. The molecule has 0 aliphatic rings. The largest absolute Gasteiger partial charge is 0.397 e. The lowest BCUT2D eigenvalue weighted by Gasteiger charge is -1.89. The molecule has 1 atom stereocenters. The summed E-state index contributed by atoms with van der Waals surface area (Å²) in [6.07, 6.45) is 0.725. The van der Waals surface area contributed by atoms with Crippen LogP contribution in [0.5, 0.6) is 0 Å². The molecule has 0 rings (SSSR count). The molecule has 0 aliphatic heterocycles. The minimum Gasteiger partial charge on any atom is -0.397 e. The fourth-order valence-corrected chi connectivity index (χ4v) is 0. The summed E-state index contributed by atoms with van der Waals surface area (Å²) in [5.41, 5.74) is -0.421. The molecule has 8 heavy (non-hydrogen) atoms. The van der Waals surface area contributed by atoms with Gasteiger partial charge in [-0.2, -0.15) is 0 Å². The zero-order valence-corrected chi connectivity index (χ0v) is 6.23. The van der Waals surface area contributed by atoms with Gasteiger partial charge in [0.05, 0.1) is 5.44 Å². The van der Waals surface area contributed by atoms with Crippen LogP contribution in [0.1, 0.15) is 20.3 Å². The first-order chi connectivity index (χ1) is 3.68. The Morgan fingerprint density at radius 1 is 1.50 bits per heavy atom. The van der Waals surface area contributed by atoms with Gasteiger partial charge in [-0.05, 0) is 13.3 Å². The van der Waals surface area contributed by atoms with E-state index in [0.29, 0.717) is 0 Å². The molecular formula is C5H14O2S. The minimum atomic E-state index is -0.421. The minimum absolute atomic E-state index is 0.250. The van der Waals surface area contributed by atoms with E-state index in [1.807, 2.05) is 6.92 Å². The van der Waals surface area contributed by atoms with Crippen LogP contribution in [0.3, 0.4) is 0 Å². The highest BCUT2D eigenvalue weighted by atomic mass is 32.1. The molecule has 0 radical (unpaired) electrons. The number of thiol groups is 1. The van der Waals surface area contributed by atoms with E-state index in [2.05, 4.69) is 12.6 Å². The second-order valence-electron chi connectivity index (χ2n) is 1.21. The maximum atomic E-state index is 8.23. The molecule has 0 saturated heterocycles. The van der Waals surface area contributed by atoms with Gasteiger partial charge in [-0.25, -0.2) is 0 Å². The van der Waals surface area contributed by atoms with Crippen molar-refractivity contribution in [3.63, 3.8) is 0 Å². The lowest BCUT2D eigenvalue weighted by Crippen LogP contribution is -1.88. The van der Waals surface area contributed by atoms with Crippen LogP contribution in [0, 0.1) is 0 Å². The molecule has 0 aliphatic carbocycles. The monoisotopic (exact) mass is 138 g/mol. The quantitative estimate of drug-likeness (QED) is 0.367. The molecule has 3 heteroatoms. The maximum absolute atomic E-state index is 8.23. The zero-order valence-electron chi connectivity index (χ0n) is 5.33. The van der Waals surface area contributed by atoms with Crippen molar-refractivity contribution in [1.29, 1.82) is 0 Å². The number of aliphatic hydroxyl groups excluding tert-OH is 2. The molecule has 0 bridgehead atoms. The van der Waals surface area contributed by atoms with Crippen molar-refractivity contribution < 1.29 is 10.2 Å². The normalized spacial score (nSPS) is 11.6. The second kappa shape index (κ2) is 10.3. The van der Waals surface area contributed by atoms with Gasteiger partial charge in [-0.3, -0.25) is 0 Å². The van der Waals surface area contributed by atoms with Crippen molar-refractivity contribution in [3.05, 3.63) is 0 Å². The third-order valence-electron chi connectivity index (χ3n) is 0.365. The van der Waals surface area contributed by atoms with Gasteiger partial charge in [0.15, 0.2) is 0 Å². The summed E-state index contributed by atoms with van der Waals surface area (Å²) in [5.74, 6) is 0. The van der Waals surface area contributed by atoms with Crippen molar-refractivity contribution in [2.75, 3.05) is 6.61 Å². The SMILES string of the molecule is CCC(O)S.CCO. The third-order valence-corrected chi connectivity index (χ3v) is 0.730. The topological polar surface area (TPSA) is 40.5 Å². The third kappa shape index (κ3) is 33.8. The van der Waals surface area contributed by atoms with Crippen LogP contribution in [0.15, 0.2) is 0 Å². The van der Waals surface area contributed by atoms with E-state index >= 15 is 0 Å². The Morgan fingerprint density at radius 2 is 1.62 bits per heavy atom. The summed E-state index contributed by atoms with van der Waals surface area (Å²) in [4.78, 5) is 0. The lowest BCUT2D eigenvalue weighted by molar-refractivity contribution is 0.261. The van der Waals surface area contributed by atoms with Gasteiger partial charge in [-0.1, -0.05) is 6.92 Å². The predicted octanol–water partition coefficient (Wildman–Crippen LogP) is 0.643. The van der Waals surface area contributed by atoms with E-state index in [-0.39, 0.29) is 6.61 Å². The fourth-order valence-electron chi connectivity index (χ4n) is 0. The van der Waals surface area contributed by atoms with Gasteiger partial charge >= 0.3 is 0 Å². The van der Waals surface area contributed by atoms with Crippen LogP contribution in [0.2, 0.25) is 0 Å². The van der Waals surface area contributed by atoms with Crippen LogP contribution in [0.4, 0.5) is 0 Å². The summed E-state index contributed by atoms with van der Waals surface area (Å²) in [5, 5.41) is 15.8. The van der Waals surface area contributed by atoms with E-state index < -0.39 is 5.44 Å². The smallest absolute Gasteiger partial charge is 0.0962 e. The van der Waals surface area contributed by atoms with Gasteiger partial charge in [0.1, 0.15) is 0 Å². The van der Waals surface area contributed by atoms with E-state index in [4.69, 9.17) is 10.2 Å². The predicted molar refractivity (Wildman–Crippen MR) is 38.0 cm³/mol. The van der Waals surface area contributed by atoms with E-state index in [1.54, 1.807) is 6.92 Å². The van der Waals surface area contributed by atoms with Crippen LogP contribution in [-0.2, 0) is 0 Å². The molecule has 0 fully saturated rings. The number of rotatable bonds is 1. The Bertz CT molecular complexity index is 31.6. The molecule has 0 heterocycles. The molecule has 1 unspecified atom stereocenters. The van der Waals surface area contributed by atoms with Crippen LogP contribution < -0.4 is 0 Å². The number of hydrogen-bond donors (Lipinski definition) is 3. The first-order valence-corrected chi connectivity index (χ1v) is 3.17. The highest BCUT2D eigenvalue weighted by Gasteiger charge is 1.82. The summed E-state index contributed by atoms with van der Waals surface area (Å²) in [7, 11) is 0. The van der Waals surface area contributed by atoms with Crippen molar-refractivity contribution in [2.45, 2.75) is 25.7 Å². The number of hydrogen-bond acceptors (Lipinski definition) is 3. The molecule has 0 aromatic heterocycles. The van der Waals surface area contributed by atoms with Gasteiger partial charge < -0.3 is 10.2 Å². The molecule has 0 saturated carbocycles. The Balaban J connectivity index is 0. The Kier molecular flexibility index (Phi) is 14.3. The van der Waals surface area contributed by atoms with Gasteiger partial charge in [-0.15, -0.1) is 12.6 Å². The Labute approximate surface area is 55.9 Å². The van der Waals surface area contributed by atoms with E-state index in [1.165, 1.54) is 0 Å². The summed E-state index contributed by atoms with van der Waals surface area (Å²) < 4.78 is 0. The summed E-state index contributed by atoms with van der Waals surface area (Å²) >= 11 is 3.65. The average molecular weight is 138 g/mol.